The monoisotopic (exact) mass is 555 g/mol. The number of hydrogen-bond acceptors (Lipinski definition) is 5. The van der Waals surface area contributed by atoms with Crippen LogP contribution in [0.15, 0.2) is 40.6 Å². The van der Waals surface area contributed by atoms with Crippen LogP contribution in [0.4, 0.5) is 0 Å². The highest BCUT2D eigenvalue weighted by atomic mass is 32.2. The second kappa shape index (κ2) is 11.4. The van der Waals surface area contributed by atoms with Gasteiger partial charge in [0.1, 0.15) is 20.9 Å². The molecule has 5 aliphatic rings. The number of ether oxygens (including phenoxy) is 1. The van der Waals surface area contributed by atoms with Crippen molar-refractivity contribution in [3.63, 3.8) is 0 Å². The van der Waals surface area contributed by atoms with E-state index in [1.165, 1.54) is 62.8 Å². The molecule has 2 N–H and O–H groups in total. The number of carbonyl (C=O) groups is 1. The second-order valence-electron chi connectivity index (χ2n) is 12.2. The van der Waals surface area contributed by atoms with Gasteiger partial charge < -0.3 is 15.4 Å². The number of nitrogens with one attached hydrogen (secondary N) is 2. The van der Waals surface area contributed by atoms with E-state index in [2.05, 4.69) is 14.9 Å². The maximum absolute atomic E-state index is 13.4. The minimum absolute atomic E-state index is 0.139. The molecule has 1 aromatic carbocycles. The van der Waals surface area contributed by atoms with E-state index in [-0.39, 0.29) is 5.91 Å². The minimum atomic E-state index is -1.15. The van der Waals surface area contributed by atoms with Gasteiger partial charge in [-0.15, -0.1) is 11.3 Å². The fourth-order valence-corrected chi connectivity index (χ4v) is 10.6. The topological polar surface area (TPSA) is 70.7 Å². The molecule has 38 heavy (non-hydrogen) atoms. The zero-order chi connectivity index (χ0) is 26.1. The van der Waals surface area contributed by atoms with E-state index in [1.54, 1.807) is 19.2 Å². The molecular formula is C30H41N3O3S2. The lowest BCUT2D eigenvalue weighted by atomic mass is 9.49. The first-order valence-electron chi connectivity index (χ1n) is 14.4. The van der Waals surface area contributed by atoms with Crippen LogP contribution in [0.2, 0.25) is 0 Å². The van der Waals surface area contributed by atoms with E-state index in [1.807, 2.05) is 24.3 Å². The normalized spacial score (nSPS) is 31.6. The summed E-state index contributed by atoms with van der Waals surface area (Å²) in [6.45, 7) is 3.36. The average Bonchev–Trinajstić information content (AvgIpc) is 3.27. The van der Waals surface area contributed by atoms with Gasteiger partial charge in [0.05, 0.1) is 13.7 Å². The van der Waals surface area contributed by atoms with Crippen LogP contribution in [0, 0.1) is 23.2 Å². The number of thiophene rings is 1. The molecule has 4 saturated carbocycles. The molecule has 206 valence electrons. The SMILES string of the molecule is COc1cccc(C(=O)NCc2ccc(S(=O)N3CCCC(NCC45CC6CC(CC(C6)C4)C5)CC3)s2)c1. The smallest absolute Gasteiger partial charge is 0.251 e. The highest BCUT2D eigenvalue weighted by molar-refractivity contribution is 7.85. The van der Waals surface area contributed by atoms with Crippen LogP contribution < -0.4 is 15.4 Å². The van der Waals surface area contributed by atoms with E-state index < -0.39 is 11.0 Å². The van der Waals surface area contributed by atoms with E-state index >= 15 is 0 Å². The number of hydrogen-bond donors (Lipinski definition) is 2. The third kappa shape index (κ3) is 5.88. The highest BCUT2D eigenvalue weighted by Gasteiger charge is 2.50. The maximum atomic E-state index is 13.4. The molecule has 2 aromatic rings. The Hall–Kier alpha value is -1.74. The van der Waals surface area contributed by atoms with Gasteiger partial charge in [0, 0.05) is 36.1 Å². The number of benzene rings is 1. The molecule has 8 heteroatoms. The van der Waals surface area contributed by atoms with E-state index in [0.29, 0.717) is 29.3 Å². The Labute approximate surface area is 233 Å². The van der Waals surface area contributed by atoms with Gasteiger partial charge in [-0.1, -0.05) is 6.07 Å². The molecule has 1 aromatic heterocycles. The molecule has 7 rings (SSSR count). The van der Waals surface area contributed by atoms with Crippen LogP contribution in [-0.4, -0.2) is 47.2 Å². The number of nitrogens with zero attached hydrogens (tertiary/aromatic N) is 1. The Balaban J connectivity index is 0.981. The summed E-state index contributed by atoms with van der Waals surface area (Å²) >= 11 is 1.53. The second-order valence-corrected chi connectivity index (χ2v) is 15.1. The molecule has 6 nitrogen and oxygen atoms in total. The molecule has 1 aliphatic heterocycles. The molecule has 4 bridgehead atoms. The lowest BCUT2D eigenvalue weighted by molar-refractivity contribution is -0.0526. The zero-order valence-corrected chi connectivity index (χ0v) is 24.1. The summed E-state index contributed by atoms with van der Waals surface area (Å²) in [6.07, 6.45) is 12.2. The van der Waals surface area contributed by atoms with Gasteiger partial charge in [0.2, 0.25) is 0 Å². The minimum Gasteiger partial charge on any atom is -0.497 e. The van der Waals surface area contributed by atoms with Crippen molar-refractivity contribution < 1.29 is 13.7 Å². The Bertz CT molecular complexity index is 1130. The lowest BCUT2D eigenvalue weighted by Crippen LogP contribution is -2.51. The highest BCUT2D eigenvalue weighted by Crippen LogP contribution is 2.59. The third-order valence-electron chi connectivity index (χ3n) is 9.42. The van der Waals surface area contributed by atoms with Gasteiger partial charge in [-0.05, 0) is 111 Å². The Morgan fingerprint density at radius 3 is 2.58 bits per heavy atom. The molecule has 1 saturated heterocycles. The van der Waals surface area contributed by atoms with Gasteiger partial charge in [-0.25, -0.2) is 8.51 Å². The Morgan fingerprint density at radius 1 is 1.08 bits per heavy atom. The molecule has 1 amide bonds. The van der Waals surface area contributed by atoms with E-state index in [9.17, 15) is 9.00 Å². The maximum Gasteiger partial charge on any atom is 0.251 e. The predicted molar refractivity (Wildman–Crippen MR) is 153 cm³/mol. The fourth-order valence-electron chi connectivity index (χ4n) is 8.02. The molecule has 0 spiro atoms. The number of rotatable bonds is 9. The van der Waals surface area contributed by atoms with Crippen molar-refractivity contribution in [1.82, 2.24) is 14.9 Å². The van der Waals surface area contributed by atoms with Crippen molar-refractivity contribution >= 4 is 28.2 Å². The summed E-state index contributed by atoms with van der Waals surface area (Å²) in [7, 11) is 0.444. The molecule has 2 heterocycles. The van der Waals surface area contributed by atoms with Gasteiger partial charge in [0.25, 0.3) is 5.91 Å². The quantitative estimate of drug-likeness (QED) is 0.437. The molecule has 4 aliphatic carbocycles. The summed E-state index contributed by atoms with van der Waals surface area (Å²) < 4.78 is 21.6. The van der Waals surface area contributed by atoms with E-state index in [0.717, 1.165) is 52.8 Å². The fraction of sp³-hybridized carbons (Fsp3) is 0.633. The molecule has 5 fully saturated rings. The van der Waals surface area contributed by atoms with Crippen LogP contribution >= 0.6 is 11.3 Å². The van der Waals surface area contributed by atoms with Crippen molar-refractivity contribution in [2.75, 3.05) is 26.7 Å². The molecule has 2 atom stereocenters. The largest absolute Gasteiger partial charge is 0.497 e. The van der Waals surface area contributed by atoms with Crippen LogP contribution in [0.3, 0.4) is 0 Å². The van der Waals surface area contributed by atoms with Crippen molar-refractivity contribution in [2.45, 2.75) is 74.6 Å². The predicted octanol–water partition coefficient (Wildman–Crippen LogP) is 5.37. The summed E-state index contributed by atoms with van der Waals surface area (Å²) in [4.78, 5) is 13.5. The summed E-state index contributed by atoms with van der Waals surface area (Å²) in [5, 5.41) is 6.97. The first kappa shape index (κ1) is 26.5. The number of methoxy groups -OCH3 is 1. The molecule has 0 radical (unpaired) electrons. The van der Waals surface area contributed by atoms with Crippen LogP contribution in [0.25, 0.3) is 0 Å². The average molecular weight is 556 g/mol. The van der Waals surface area contributed by atoms with Gasteiger partial charge in [0.15, 0.2) is 0 Å². The van der Waals surface area contributed by atoms with Crippen molar-refractivity contribution in [3.8, 4) is 5.75 Å². The Kier molecular flexibility index (Phi) is 7.94. The van der Waals surface area contributed by atoms with Gasteiger partial charge >= 0.3 is 0 Å². The summed E-state index contributed by atoms with van der Waals surface area (Å²) in [6, 6.07) is 11.6. The molecule has 2 unspecified atom stereocenters. The van der Waals surface area contributed by atoms with Crippen molar-refractivity contribution in [3.05, 3.63) is 46.8 Å². The van der Waals surface area contributed by atoms with Gasteiger partial charge in [-0.2, -0.15) is 0 Å². The summed E-state index contributed by atoms with van der Waals surface area (Å²) in [5.74, 6) is 3.52. The van der Waals surface area contributed by atoms with Crippen LogP contribution in [0.5, 0.6) is 5.75 Å². The van der Waals surface area contributed by atoms with Crippen LogP contribution in [-0.2, 0) is 17.5 Å². The molecular weight excluding hydrogens is 514 g/mol. The van der Waals surface area contributed by atoms with Gasteiger partial charge in [-0.3, -0.25) is 4.79 Å². The van der Waals surface area contributed by atoms with Crippen molar-refractivity contribution in [2.24, 2.45) is 23.2 Å². The number of amides is 1. The van der Waals surface area contributed by atoms with Crippen LogP contribution in [0.1, 0.15) is 73.0 Å². The zero-order valence-electron chi connectivity index (χ0n) is 22.5. The number of carbonyl (C=O) groups excluding carboxylic acids is 1. The first-order chi connectivity index (χ1) is 18.5. The van der Waals surface area contributed by atoms with Crippen molar-refractivity contribution in [1.29, 1.82) is 0 Å². The Morgan fingerprint density at radius 2 is 1.84 bits per heavy atom. The third-order valence-corrected chi connectivity index (χ3v) is 12.3. The summed E-state index contributed by atoms with van der Waals surface area (Å²) in [5.41, 5.74) is 1.14. The lowest BCUT2D eigenvalue weighted by Gasteiger charge is -2.57. The standard InChI is InChI=1S/C30H41N3O3S2/c1-36-26-6-2-4-24(15-26)29(34)31-19-27-7-8-28(37-27)38(35)33-10-3-5-25(9-11-33)32-20-30-16-21-12-22(17-30)14-23(13-21)18-30/h2,4,6-8,15,21-23,25,32H,3,5,9-14,16-20H2,1H3,(H,31,34). The van der Waals surface area contributed by atoms with E-state index in [4.69, 9.17) is 4.74 Å². The first-order valence-corrected chi connectivity index (χ1v) is 16.3.